The molecule has 1 N–H and O–H groups in total. The van der Waals surface area contributed by atoms with E-state index >= 15 is 0 Å². The number of aliphatic hydroxyl groups excluding tert-OH is 1. The van der Waals surface area contributed by atoms with Crippen LogP contribution in [0.5, 0.6) is 0 Å². The normalized spacial score (nSPS) is 25.6. The minimum atomic E-state index is -2.91. The van der Waals surface area contributed by atoms with Gasteiger partial charge in [0.05, 0.1) is 5.75 Å². The summed E-state index contributed by atoms with van der Waals surface area (Å²) in [5.74, 6) is 0.201. The molecule has 0 spiro atoms. The molecule has 1 aliphatic rings. The van der Waals surface area contributed by atoms with Crippen LogP contribution in [0, 0.1) is 5.41 Å². The number of hydrogen-bond donors (Lipinski definition) is 1. The Morgan fingerprint density at radius 3 is 2.74 bits per heavy atom. The molecular formula is C13H27NO4S. The third-order valence-electron chi connectivity index (χ3n) is 3.91. The topological polar surface area (TPSA) is 66.8 Å². The first-order chi connectivity index (χ1) is 8.91. The molecule has 1 atom stereocenters. The van der Waals surface area contributed by atoms with Crippen molar-refractivity contribution in [2.45, 2.75) is 25.7 Å². The van der Waals surface area contributed by atoms with Crippen LogP contribution in [0.15, 0.2) is 0 Å². The second kappa shape index (κ2) is 7.57. The van der Waals surface area contributed by atoms with E-state index in [-0.39, 0.29) is 17.8 Å². The van der Waals surface area contributed by atoms with Gasteiger partial charge in [-0.25, -0.2) is 8.42 Å². The molecule has 114 valence electrons. The number of methoxy groups -OCH3 is 1. The van der Waals surface area contributed by atoms with Crippen LogP contribution in [0.4, 0.5) is 0 Å². The molecule has 0 radical (unpaired) electrons. The average molecular weight is 293 g/mol. The maximum absolute atomic E-state index is 11.2. The highest BCUT2D eigenvalue weighted by Crippen LogP contribution is 2.34. The standard InChI is InChI=1S/C13H27NO4S/c1-18-9-4-6-13(12-15)5-3-7-14(11-13)8-10-19(2,16)17/h15H,3-12H2,1-2H3/t13-/m1/s1. The number of nitrogens with zero attached hydrogens (tertiary/aromatic N) is 1. The van der Waals surface area contributed by atoms with Gasteiger partial charge in [0.1, 0.15) is 9.84 Å². The van der Waals surface area contributed by atoms with Crippen molar-refractivity contribution in [3.05, 3.63) is 0 Å². The molecule has 0 aromatic carbocycles. The quantitative estimate of drug-likeness (QED) is 0.661. The molecule has 0 amide bonds. The van der Waals surface area contributed by atoms with Gasteiger partial charge in [-0.3, -0.25) is 0 Å². The van der Waals surface area contributed by atoms with Gasteiger partial charge >= 0.3 is 0 Å². The average Bonchev–Trinajstić information content (AvgIpc) is 2.36. The molecule has 1 heterocycles. The zero-order valence-electron chi connectivity index (χ0n) is 12.1. The van der Waals surface area contributed by atoms with Gasteiger partial charge in [0.25, 0.3) is 0 Å². The molecular weight excluding hydrogens is 266 g/mol. The highest BCUT2D eigenvalue weighted by molar-refractivity contribution is 7.90. The van der Waals surface area contributed by atoms with Gasteiger partial charge in [-0.15, -0.1) is 0 Å². The second-order valence-electron chi connectivity index (χ2n) is 5.76. The molecule has 1 fully saturated rings. The van der Waals surface area contributed by atoms with Crippen LogP contribution in [-0.4, -0.2) is 70.4 Å². The highest BCUT2D eigenvalue weighted by atomic mass is 32.2. The van der Waals surface area contributed by atoms with Crippen molar-refractivity contribution in [3.63, 3.8) is 0 Å². The van der Waals surface area contributed by atoms with Crippen LogP contribution in [-0.2, 0) is 14.6 Å². The van der Waals surface area contributed by atoms with Crippen molar-refractivity contribution in [2.24, 2.45) is 5.41 Å². The fourth-order valence-electron chi connectivity index (χ4n) is 2.80. The fraction of sp³-hybridized carbons (Fsp3) is 1.00. The van der Waals surface area contributed by atoms with Crippen LogP contribution in [0.1, 0.15) is 25.7 Å². The molecule has 5 nitrogen and oxygen atoms in total. The van der Waals surface area contributed by atoms with E-state index in [0.717, 1.165) is 38.8 Å². The van der Waals surface area contributed by atoms with E-state index in [4.69, 9.17) is 4.74 Å². The first-order valence-corrected chi connectivity index (χ1v) is 8.97. The van der Waals surface area contributed by atoms with Crippen molar-refractivity contribution in [1.82, 2.24) is 4.90 Å². The van der Waals surface area contributed by atoms with E-state index in [9.17, 15) is 13.5 Å². The number of hydrogen-bond acceptors (Lipinski definition) is 5. The predicted molar refractivity (Wildman–Crippen MR) is 76.0 cm³/mol. The van der Waals surface area contributed by atoms with Crippen LogP contribution < -0.4 is 0 Å². The van der Waals surface area contributed by atoms with Gasteiger partial charge in [0.2, 0.25) is 0 Å². The Morgan fingerprint density at radius 1 is 1.42 bits per heavy atom. The van der Waals surface area contributed by atoms with Gasteiger partial charge in [-0.05, 0) is 32.2 Å². The van der Waals surface area contributed by atoms with Gasteiger partial charge in [0, 0.05) is 45.1 Å². The van der Waals surface area contributed by atoms with E-state index in [1.54, 1.807) is 7.11 Å². The largest absolute Gasteiger partial charge is 0.396 e. The molecule has 1 rings (SSSR count). The number of rotatable bonds is 8. The van der Waals surface area contributed by atoms with Gasteiger partial charge in [-0.2, -0.15) is 0 Å². The SMILES string of the molecule is COCCC[C@]1(CO)CCCN(CCS(C)(=O)=O)C1. The Kier molecular flexibility index (Phi) is 6.73. The van der Waals surface area contributed by atoms with E-state index < -0.39 is 9.84 Å². The lowest BCUT2D eigenvalue weighted by molar-refractivity contribution is 0.0214. The zero-order valence-corrected chi connectivity index (χ0v) is 12.9. The summed E-state index contributed by atoms with van der Waals surface area (Å²) in [6.07, 6.45) is 5.19. The smallest absolute Gasteiger partial charge is 0.148 e. The molecule has 0 saturated carbocycles. The Balaban J connectivity index is 2.49. The van der Waals surface area contributed by atoms with Crippen LogP contribution in [0.3, 0.4) is 0 Å². The molecule has 0 aliphatic carbocycles. The summed E-state index contributed by atoms with van der Waals surface area (Å²) < 4.78 is 27.5. The van der Waals surface area contributed by atoms with Crippen molar-refractivity contribution in [2.75, 3.05) is 52.0 Å². The summed E-state index contributed by atoms with van der Waals surface area (Å²) in [4.78, 5) is 2.17. The fourth-order valence-corrected chi connectivity index (χ4v) is 3.39. The maximum atomic E-state index is 11.2. The number of sulfone groups is 1. The minimum Gasteiger partial charge on any atom is -0.396 e. The summed E-state index contributed by atoms with van der Waals surface area (Å²) in [6.45, 7) is 3.19. The molecule has 6 heteroatoms. The summed E-state index contributed by atoms with van der Waals surface area (Å²) in [5, 5.41) is 9.70. The van der Waals surface area contributed by atoms with Crippen molar-refractivity contribution in [3.8, 4) is 0 Å². The maximum Gasteiger partial charge on any atom is 0.148 e. The monoisotopic (exact) mass is 293 g/mol. The minimum absolute atomic E-state index is 0.0751. The van der Waals surface area contributed by atoms with Crippen LogP contribution >= 0.6 is 0 Å². The number of aliphatic hydroxyl groups is 1. The molecule has 1 saturated heterocycles. The predicted octanol–water partition coefficient (Wildman–Crippen LogP) is 0.532. The lowest BCUT2D eigenvalue weighted by Gasteiger charge is -2.42. The van der Waals surface area contributed by atoms with Gasteiger partial charge in [-0.1, -0.05) is 0 Å². The number of likely N-dealkylation sites (tertiary alicyclic amines) is 1. The first-order valence-electron chi connectivity index (χ1n) is 6.91. The molecule has 0 bridgehead atoms. The van der Waals surface area contributed by atoms with Crippen LogP contribution in [0.25, 0.3) is 0 Å². The van der Waals surface area contributed by atoms with Gasteiger partial charge < -0.3 is 14.7 Å². The number of piperidine rings is 1. The summed E-state index contributed by atoms with van der Waals surface area (Å²) >= 11 is 0. The highest BCUT2D eigenvalue weighted by Gasteiger charge is 2.34. The Hall–Kier alpha value is -0.170. The Morgan fingerprint density at radius 2 is 2.16 bits per heavy atom. The summed E-state index contributed by atoms with van der Waals surface area (Å²) in [6, 6.07) is 0. The van der Waals surface area contributed by atoms with E-state index in [0.29, 0.717) is 13.2 Å². The second-order valence-corrected chi connectivity index (χ2v) is 8.02. The third kappa shape index (κ3) is 6.21. The number of ether oxygens (including phenoxy) is 1. The van der Waals surface area contributed by atoms with Crippen molar-refractivity contribution in [1.29, 1.82) is 0 Å². The summed E-state index contributed by atoms with van der Waals surface area (Å²) in [7, 11) is -1.23. The zero-order chi connectivity index (χ0) is 14.4. The van der Waals surface area contributed by atoms with E-state index in [1.165, 1.54) is 6.26 Å². The molecule has 19 heavy (non-hydrogen) atoms. The van der Waals surface area contributed by atoms with Crippen molar-refractivity contribution >= 4 is 9.84 Å². The molecule has 0 aromatic rings. The van der Waals surface area contributed by atoms with E-state index in [2.05, 4.69) is 4.90 Å². The van der Waals surface area contributed by atoms with Gasteiger partial charge in [0.15, 0.2) is 0 Å². The Labute approximate surface area is 116 Å². The molecule has 0 aromatic heterocycles. The summed E-state index contributed by atoms with van der Waals surface area (Å²) in [5.41, 5.74) is -0.0751. The van der Waals surface area contributed by atoms with Crippen molar-refractivity contribution < 1.29 is 18.3 Å². The Bertz CT molecular complexity index is 358. The molecule has 0 unspecified atom stereocenters. The van der Waals surface area contributed by atoms with Crippen LogP contribution in [0.2, 0.25) is 0 Å². The third-order valence-corrected chi connectivity index (χ3v) is 4.83. The lowest BCUT2D eigenvalue weighted by Crippen LogP contribution is -2.46. The van der Waals surface area contributed by atoms with E-state index in [1.807, 2.05) is 0 Å². The molecule has 1 aliphatic heterocycles. The first kappa shape index (κ1) is 16.9. The lowest BCUT2D eigenvalue weighted by atomic mass is 9.77.